The van der Waals surface area contributed by atoms with Gasteiger partial charge in [-0.25, -0.2) is 26.6 Å². The van der Waals surface area contributed by atoms with Crippen molar-refractivity contribution >= 4 is 15.7 Å². The van der Waals surface area contributed by atoms with Crippen molar-refractivity contribution in [1.29, 1.82) is 0 Å². The minimum Gasteiger partial charge on any atom is -0.384 e. The van der Waals surface area contributed by atoms with Crippen LogP contribution in [0.2, 0.25) is 0 Å². The minimum absolute atomic E-state index is 0.104. The molecule has 1 saturated heterocycles. The molecule has 208 valence electrons. The van der Waals surface area contributed by atoms with Gasteiger partial charge >= 0.3 is 0 Å². The fourth-order valence-corrected chi connectivity index (χ4v) is 6.88. The van der Waals surface area contributed by atoms with E-state index in [2.05, 4.69) is 9.88 Å². The van der Waals surface area contributed by atoms with Gasteiger partial charge in [-0.2, -0.15) is 5.10 Å². The Balaban J connectivity index is 1.38. The fourth-order valence-electron chi connectivity index (χ4n) is 5.43. The number of rotatable bonds is 7. The lowest BCUT2D eigenvalue weighted by molar-refractivity contribution is 0.172. The molecule has 11 heteroatoms. The zero-order chi connectivity index (χ0) is 28.0. The average Bonchev–Trinajstić information content (AvgIpc) is 3.69. The zero-order valence-electron chi connectivity index (χ0n) is 21.6. The molecule has 2 fully saturated rings. The number of likely N-dealkylation sites (tertiary alicyclic amines) is 1. The maximum atomic E-state index is 16.0. The Kier molecular flexibility index (Phi) is 6.87. The molecule has 0 amide bonds. The number of nitrogen functional groups attached to an aromatic ring is 1. The molecule has 2 aromatic heterocycles. The number of piperidine rings is 1. The molecule has 2 N–H and O–H groups in total. The Hall–Kier alpha value is -3.70. The normalized spacial score (nSPS) is 16.9. The number of nitrogens with two attached hydrogens (primary N) is 1. The van der Waals surface area contributed by atoms with E-state index in [0.717, 1.165) is 38.1 Å². The van der Waals surface area contributed by atoms with Gasteiger partial charge in [0.2, 0.25) is 0 Å². The topological polar surface area (TPSA) is 94.1 Å². The smallest absolute Gasteiger partial charge is 0.185 e. The van der Waals surface area contributed by atoms with Crippen LogP contribution in [0, 0.1) is 17.5 Å². The van der Waals surface area contributed by atoms with Gasteiger partial charge in [0.05, 0.1) is 11.8 Å². The van der Waals surface area contributed by atoms with Crippen molar-refractivity contribution in [1.82, 2.24) is 19.7 Å². The van der Waals surface area contributed by atoms with Crippen LogP contribution in [0.15, 0.2) is 65.8 Å². The van der Waals surface area contributed by atoms with Gasteiger partial charge in [0, 0.05) is 48.2 Å². The van der Waals surface area contributed by atoms with Crippen LogP contribution in [0.3, 0.4) is 0 Å². The van der Waals surface area contributed by atoms with E-state index in [9.17, 15) is 17.2 Å². The van der Waals surface area contributed by atoms with Gasteiger partial charge in [-0.05, 0) is 67.6 Å². The molecule has 4 aromatic rings. The Morgan fingerprint density at radius 3 is 2.42 bits per heavy atom. The van der Waals surface area contributed by atoms with E-state index >= 15 is 4.39 Å². The third kappa shape index (κ3) is 5.23. The summed E-state index contributed by atoms with van der Waals surface area (Å²) in [6, 6.07) is 10.8. The summed E-state index contributed by atoms with van der Waals surface area (Å²) in [4.78, 5) is 5.75. The molecule has 7 nitrogen and oxygen atoms in total. The van der Waals surface area contributed by atoms with Gasteiger partial charge in [-0.1, -0.05) is 12.1 Å². The molecule has 1 saturated carbocycles. The highest BCUT2D eigenvalue weighted by atomic mass is 32.2. The second-order valence-corrected chi connectivity index (χ2v) is 12.4. The minimum atomic E-state index is -4.39. The standard InChI is InChI=1S/C29H28F3N5O2S/c30-20-4-7-25(31)26(15-20)40(38,39)17-19-2-1-3-23(28(19)32)29-24(18-8-11-34-27(33)14-18)16-37(35-29)22-9-12-36(13-10-22)21-5-6-21/h1-4,7-8,11,14-16,21-22H,5-6,9-10,12-13,17H2,(H2,33,34). The molecule has 40 heavy (non-hydrogen) atoms. The SMILES string of the molecule is Nc1cc(-c2cn(C3CCN(C4CC4)CC3)nc2-c2cccc(CS(=O)(=O)c3cc(F)ccc3F)c2F)ccn1. The summed E-state index contributed by atoms with van der Waals surface area (Å²) in [5, 5.41) is 4.82. The average molecular weight is 568 g/mol. The molecule has 0 bridgehead atoms. The number of pyridine rings is 1. The van der Waals surface area contributed by atoms with Crippen molar-refractivity contribution < 1.29 is 21.6 Å². The number of anilines is 1. The molecule has 0 unspecified atom stereocenters. The highest BCUT2D eigenvalue weighted by molar-refractivity contribution is 7.90. The van der Waals surface area contributed by atoms with E-state index in [-0.39, 0.29) is 17.2 Å². The largest absolute Gasteiger partial charge is 0.384 e. The number of aromatic nitrogens is 3. The first kappa shape index (κ1) is 26.5. The molecule has 3 heterocycles. The van der Waals surface area contributed by atoms with Crippen LogP contribution in [0.25, 0.3) is 22.4 Å². The Morgan fingerprint density at radius 2 is 1.70 bits per heavy atom. The maximum Gasteiger partial charge on any atom is 0.185 e. The lowest BCUT2D eigenvalue weighted by Gasteiger charge is -2.32. The van der Waals surface area contributed by atoms with Gasteiger partial charge in [-0.15, -0.1) is 0 Å². The third-order valence-electron chi connectivity index (χ3n) is 7.67. The first-order valence-electron chi connectivity index (χ1n) is 13.2. The maximum absolute atomic E-state index is 16.0. The third-order valence-corrected chi connectivity index (χ3v) is 9.34. The number of nitrogens with zero attached hydrogens (tertiary/aromatic N) is 4. The van der Waals surface area contributed by atoms with Crippen molar-refractivity contribution in [2.24, 2.45) is 0 Å². The van der Waals surface area contributed by atoms with Crippen LogP contribution in [-0.2, 0) is 15.6 Å². The predicted molar refractivity (Wildman–Crippen MR) is 145 cm³/mol. The summed E-state index contributed by atoms with van der Waals surface area (Å²) in [5.74, 6) is -3.33. The highest BCUT2D eigenvalue weighted by Crippen LogP contribution is 2.38. The first-order chi connectivity index (χ1) is 19.2. The molecular formula is C29H28F3N5O2S. The van der Waals surface area contributed by atoms with Crippen LogP contribution >= 0.6 is 0 Å². The van der Waals surface area contributed by atoms with E-state index in [1.807, 2.05) is 10.9 Å². The first-order valence-corrected chi connectivity index (χ1v) is 14.9. The van der Waals surface area contributed by atoms with Crippen molar-refractivity contribution in [2.45, 2.75) is 48.4 Å². The number of hydrogen-bond acceptors (Lipinski definition) is 6. The van der Waals surface area contributed by atoms with Crippen LogP contribution in [0.4, 0.5) is 19.0 Å². The summed E-state index contributed by atoms with van der Waals surface area (Å²) in [5.41, 5.74) is 7.54. The van der Waals surface area contributed by atoms with Gasteiger partial charge in [0.15, 0.2) is 9.84 Å². The van der Waals surface area contributed by atoms with E-state index in [4.69, 9.17) is 10.8 Å². The molecule has 2 aliphatic rings. The summed E-state index contributed by atoms with van der Waals surface area (Å²) in [6.07, 6.45) is 7.77. The Labute approximate surface area is 230 Å². The van der Waals surface area contributed by atoms with Gasteiger partial charge in [0.1, 0.15) is 33.9 Å². The molecule has 0 spiro atoms. The van der Waals surface area contributed by atoms with Crippen LogP contribution in [0.5, 0.6) is 0 Å². The van der Waals surface area contributed by atoms with Crippen molar-refractivity contribution in [3.63, 3.8) is 0 Å². The monoisotopic (exact) mass is 567 g/mol. The van der Waals surface area contributed by atoms with Crippen molar-refractivity contribution in [3.05, 3.63) is 83.9 Å². The quantitative estimate of drug-likeness (QED) is 0.322. The lowest BCUT2D eigenvalue weighted by Crippen LogP contribution is -2.36. The van der Waals surface area contributed by atoms with E-state index in [0.29, 0.717) is 34.7 Å². The number of sulfone groups is 1. The van der Waals surface area contributed by atoms with E-state index in [1.54, 1.807) is 18.3 Å². The van der Waals surface area contributed by atoms with Crippen molar-refractivity contribution in [3.8, 4) is 22.4 Å². The second-order valence-electron chi connectivity index (χ2n) is 10.5. The van der Waals surface area contributed by atoms with Gasteiger partial charge in [0.25, 0.3) is 0 Å². The summed E-state index contributed by atoms with van der Waals surface area (Å²) < 4.78 is 71.8. The summed E-state index contributed by atoms with van der Waals surface area (Å²) in [6.45, 7) is 1.95. The molecule has 6 rings (SSSR count). The molecule has 1 aliphatic carbocycles. The van der Waals surface area contributed by atoms with Crippen LogP contribution < -0.4 is 5.73 Å². The molecule has 2 aromatic carbocycles. The van der Waals surface area contributed by atoms with Gasteiger partial charge < -0.3 is 10.6 Å². The molecule has 0 atom stereocenters. The fraction of sp³-hybridized carbons (Fsp3) is 0.310. The second kappa shape index (κ2) is 10.4. The Morgan fingerprint density at radius 1 is 0.925 bits per heavy atom. The van der Waals surface area contributed by atoms with E-state index in [1.165, 1.54) is 31.0 Å². The highest BCUT2D eigenvalue weighted by Gasteiger charge is 2.33. The summed E-state index contributed by atoms with van der Waals surface area (Å²) >= 11 is 0. The summed E-state index contributed by atoms with van der Waals surface area (Å²) in [7, 11) is -4.39. The van der Waals surface area contributed by atoms with Crippen LogP contribution in [-0.4, -0.2) is 47.2 Å². The van der Waals surface area contributed by atoms with E-state index < -0.39 is 37.9 Å². The van der Waals surface area contributed by atoms with Crippen LogP contribution in [0.1, 0.15) is 37.3 Å². The molecular weight excluding hydrogens is 539 g/mol. The van der Waals surface area contributed by atoms with Gasteiger partial charge in [-0.3, -0.25) is 4.68 Å². The molecule has 0 radical (unpaired) electrons. The lowest BCUT2D eigenvalue weighted by atomic mass is 10.0. The number of hydrogen-bond donors (Lipinski definition) is 1. The number of halogens is 3. The molecule has 1 aliphatic heterocycles. The Bertz CT molecular complexity index is 1680. The number of benzene rings is 2. The predicted octanol–water partition coefficient (Wildman–Crippen LogP) is 5.38. The van der Waals surface area contributed by atoms with Crippen molar-refractivity contribution in [2.75, 3.05) is 18.8 Å². The zero-order valence-corrected chi connectivity index (χ0v) is 22.4.